The zero-order valence-corrected chi connectivity index (χ0v) is 16.5. The molecule has 1 aliphatic rings. The van der Waals surface area contributed by atoms with Gasteiger partial charge in [-0.05, 0) is 61.1 Å². The second kappa shape index (κ2) is 8.61. The maximum atomic E-state index is 14.0. The van der Waals surface area contributed by atoms with Crippen molar-refractivity contribution >= 4 is 28.9 Å². The van der Waals surface area contributed by atoms with E-state index in [1.54, 1.807) is 7.05 Å². The second-order valence-electron chi connectivity index (χ2n) is 7.23. The summed E-state index contributed by atoms with van der Waals surface area (Å²) in [6.07, 6.45) is -1.68. The number of hydrogen-bond acceptors (Lipinski definition) is 2. The molecule has 0 saturated heterocycles. The van der Waals surface area contributed by atoms with Crippen LogP contribution in [0.25, 0.3) is 0 Å². The number of alkyl halides is 3. The van der Waals surface area contributed by atoms with E-state index in [-0.39, 0.29) is 23.4 Å². The number of halogens is 5. The van der Waals surface area contributed by atoms with Gasteiger partial charge < -0.3 is 10.6 Å². The fourth-order valence-corrected chi connectivity index (χ4v) is 4.03. The Morgan fingerprint density at radius 2 is 1.83 bits per heavy atom. The Kier molecular flexibility index (Phi) is 6.36. The summed E-state index contributed by atoms with van der Waals surface area (Å²) in [6, 6.07) is 7.84. The van der Waals surface area contributed by atoms with Gasteiger partial charge in [-0.15, -0.1) is 0 Å². The minimum atomic E-state index is -4.63. The first-order chi connectivity index (χ1) is 13.7. The molecular weight excluding hydrogens is 408 g/mol. The van der Waals surface area contributed by atoms with E-state index in [0.29, 0.717) is 23.9 Å². The van der Waals surface area contributed by atoms with Crippen LogP contribution in [0.15, 0.2) is 36.4 Å². The largest absolute Gasteiger partial charge is 0.416 e. The van der Waals surface area contributed by atoms with Crippen molar-refractivity contribution in [3.63, 3.8) is 0 Å². The predicted molar refractivity (Wildman–Crippen MR) is 106 cm³/mol. The zero-order chi connectivity index (χ0) is 21.2. The van der Waals surface area contributed by atoms with Gasteiger partial charge in [-0.3, -0.25) is 4.79 Å². The van der Waals surface area contributed by atoms with E-state index in [1.165, 1.54) is 0 Å². The van der Waals surface area contributed by atoms with Gasteiger partial charge in [0.2, 0.25) is 5.91 Å². The van der Waals surface area contributed by atoms with Crippen molar-refractivity contribution < 1.29 is 22.4 Å². The van der Waals surface area contributed by atoms with Crippen molar-refractivity contribution in [1.29, 1.82) is 0 Å². The maximum Gasteiger partial charge on any atom is 0.416 e. The van der Waals surface area contributed by atoms with Crippen LogP contribution in [0.3, 0.4) is 0 Å². The molecule has 2 atom stereocenters. The first kappa shape index (κ1) is 21.4. The number of carbonyl (C=O) groups is 1. The first-order valence-corrected chi connectivity index (χ1v) is 9.71. The minimum absolute atomic E-state index is 0.139. The molecule has 0 aromatic heterocycles. The number of hydrogen-bond donors (Lipinski definition) is 2. The molecule has 0 heterocycles. The monoisotopic (exact) mass is 428 g/mol. The Labute approximate surface area is 171 Å². The molecule has 0 bridgehead atoms. The quantitative estimate of drug-likeness (QED) is 0.549. The highest BCUT2D eigenvalue weighted by Crippen LogP contribution is 2.39. The third-order valence-corrected chi connectivity index (χ3v) is 5.65. The SMILES string of the molecule is CNc1ccc(C2CCCC(C(=O)Nc3ccc(C(F)(F)F)cc3F)C2)cc1Cl. The van der Waals surface area contributed by atoms with Crippen LogP contribution in [-0.4, -0.2) is 13.0 Å². The van der Waals surface area contributed by atoms with E-state index in [9.17, 15) is 22.4 Å². The molecule has 29 heavy (non-hydrogen) atoms. The summed E-state index contributed by atoms with van der Waals surface area (Å²) < 4.78 is 52.0. The number of anilines is 2. The molecule has 2 unspecified atom stereocenters. The minimum Gasteiger partial charge on any atom is -0.387 e. The van der Waals surface area contributed by atoms with E-state index in [4.69, 9.17) is 11.6 Å². The first-order valence-electron chi connectivity index (χ1n) is 9.34. The van der Waals surface area contributed by atoms with Gasteiger partial charge in [-0.1, -0.05) is 24.1 Å². The summed E-state index contributed by atoms with van der Waals surface area (Å²) in [5.74, 6) is -1.69. The molecule has 0 aliphatic heterocycles. The fraction of sp³-hybridized carbons (Fsp3) is 0.381. The Morgan fingerprint density at radius 3 is 2.45 bits per heavy atom. The van der Waals surface area contributed by atoms with Crippen LogP contribution in [0, 0.1) is 11.7 Å². The summed E-state index contributed by atoms with van der Waals surface area (Å²) in [7, 11) is 1.78. The number of carbonyl (C=O) groups excluding carboxylic acids is 1. The molecule has 2 aromatic rings. The van der Waals surface area contributed by atoms with Crippen molar-refractivity contribution in [1.82, 2.24) is 0 Å². The molecule has 0 radical (unpaired) electrons. The van der Waals surface area contributed by atoms with Gasteiger partial charge in [-0.25, -0.2) is 4.39 Å². The molecule has 2 aromatic carbocycles. The summed E-state index contributed by atoms with van der Waals surface area (Å²) in [4.78, 5) is 12.6. The molecule has 1 aliphatic carbocycles. The molecule has 156 valence electrons. The van der Waals surface area contributed by atoms with E-state index in [2.05, 4.69) is 10.6 Å². The van der Waals surface area contributed by atoms with Crippen molar-refractivity contribution in [2.24, 2.45) is 5.92 Å². The van der Waals surface area contributed by atoms with Crippen molar-refractivity contribution in [3.05, 3.63) is 58.4 Å². The third-order valence-electron chi connectivity index (χ3n) is 5.33. The average Bonchev–Trinajstić information content (AvgIpc) is 2.68. The molecule has 2 N–H and O–H groups in total. The van der Waals surface area contributed by atoms with Gasteiger partial charge in [0, 0.05) is 13.0 Å². The molecule has 3 nitrogen and oxygen atoms in total. The second-order valence-corrected chi connectivity index (χ2v) is 7.64. The lowest BCUT2D eigenvalue weighted by Gasteiger charge is -2.29. The van der Waals surface area contributed by atoms with Gasteiger partial charge in [0.1, 0.15) is 5.82 Å². The van der Waals surface area contributed by atoms with E-state index < -0.39 is 17.6 Å². The topological polar surface area (TPSA) is 41.1 Å². The summed E-state index contributed by atoms with van der Waals surface area (Å²) in [6.45, 7) is 0. The van der Waals surface area contributed by atoms with Gasteiger partial charge in [0.15, 0.2) is 0 Å². The van der Waals surface area contributed by atoms with Gasteiger partial charge in [0.25, 0.3) is 0 Å². The van der Waals surface area contributed by atoms with E-state index in [1.807, 2.05) is 18.2 Å². The predicted octanol–water partition coefficient (Wildman–Crippen LogP) is 6.45. The highest BCUT2D eigenvalue weighted by atomic mass is 35.5. The van der Waals surface area contributed by atoms with Crippen molar-refractivity contribution in [2.75, 3.05) is 17.7 Å². The van der Waals surface area contributed by atoms with Gasteiger partial charge in [0.05, 0.1) is 22.0 Å². The molecule has 8 heteroatoms. The normalized spacial score (nSPS) is 19.7. The summed E-state index contributed by atoms with van der Waals surface area (Å²) in [5, 5.41) is 6.04. The van der Waals surface area contributed by atoms with Crippen LogP contribution in [0.4, 0.5) is 28.9 Å². The highest BCUT2D eigenvalue weighted by molar-refractivity contribution is 6.33. The van der Waals surface area contributed by atoms with Crippen molar-refractivity contribution in [3.8, 4) is 0 Å². The van der Waals surface area contributed by atoms with Crippen LogP contribution in [-0.2, 0) is 11.0 Å². The zero-order valence-electron chi connectivity index (χ0n) is 15.7. The summed E-state index contributed by atoms with van der Waals surface area (Å²) >= 11 is 6.25. The Balaban J connectivity index is 1.69. The van der Waals surface area contributed by atoms with Crippen LogP contribution < -0.4 is 10.6 Å². The molecule has 3 rings (SSSR count). The summed E-state index contributed by atoms with van der Waals surface area (Å²) in [5.41, 5.74) is 0.518. The van der Waals surface area contributed by atoms with Gasteiger partial charge in [-0.2, -0.15) is 13.2 Å². The van der Waals surface area contributed by atoms with Crippen LogP contribution in [0.2, 0.25) is 5.02 Å². The van der Waals surface area contributed by atoms with Crippen LogP contribution in [0.1, 0.15) is 42.7 Å². The number of benzene rings is 2. The molecule has 1 fully saturated rings. The Hall–Kier alpha value is -2.28. The van der Waals surface area contributed by atoms with Crippen LogP contribution in [0.5, 0.6) is 0 Å². The molecule has 1 amide bonds. The highest BCUT2D eigenvalue weighted by Gasteiger charge is 2.32. The molecular formula is C21H21ClF4N2O. The third kappa shape index (κ3) is 5.01. The molecule has 0 spiro atoms. The lowest BCUT2D eigenvalue weighted by Crippen LogP contribution is -2.28. The van der Waals surface area contributed by atoms with E-state index >= 15 is 0 Å². The number of rotatable bonds is 4. The molecule has 1 saturated carbocycles. The lowest BCUT2D eigenvalue weighted by molar-refractivity contribution is -0.137. The van der Waals surface area contributed by atoms with E-state index in [0.717, 1.165) is 36.2 Å². The maximum absolute atomic E-state index is 14.0. The fourth-order valence-electron chi connectivity index (χ4n) is 3.75. The standard InChI is InChI=1S/C21H21ClF4N2O/c1-27-18-7-5-13(10-16(18)22)12-3-2-4-14(9-12)20(29)28-19-8-6-15(11-17(19)23)21(24,25)26/h5-8,10-12,14,27H,2-4,9H2,1H3,(H,28,29). The van der Waals surface area contributed by atoms with Crippen molar-refractivity contribution in [2.45, 2.75) is 37.8 Å². The lowest BCUT2D eigenvalue weighted by atomic mass is 9.77. The van der Waals surface area contributed by atoms with Crippen LogP contribution >= 0.6 is 11.6 Å². The average molecular weight is 429 g/mol. The smallest absolute Gasteiger partial charge is 0.387 e. The Morgan fingerprint density at radius 1 is 1.10 bits per heavy atom. The Bertz CT molecular complexity index is 901. The van der Waals surface area contributed by atoms with Gasteiger partial charge >= 0.3 is 6.18 Å². The number of nitrogens with one attached hydrogen (secondary N) is 2. The number of amides is 1.